The van der Waals surface area contributed by atoms with Gasteiger partial charge in [-0.05, 0) is 35.2 Å². The molecular formula is C29H26N2. The van der Waals surface area contributed by atoms with Crippen LogP contribution in [0.15, 0.2) is 108 Å². The first-order valence-corrected chi connectivity index (χ1v) is 10.8. The standard InChI is InChI=1S/C29H26N2/c1-29(2,3)22-19-17-21(18-20-22)28-30-26-15-9-7-13-24(26)25-14-8-10-16-27(25)31(28)23-11-5-4-6-12-23/h4-20H,1-3H3. The van der Waals surface area contributed by atoms with Gasteiger partial charge in [0.15, 0.2) is 0 Å². The van der Waals surface area contributed by atoms with Gasteiger partial charge in [0.1, 0.15) is 5.84 Å². The second-order valence-corrected chi connectivity index (χ2v) is 8.97. The molecule has 1 heterocycles. The van der Waals surface area contributed by atoms with Crippen LogP contribution in [0.25, 0.3) is 11.1 Å². The van der Waals surface area contributed by atoms with Crippen LogP contribution in [0, 0.1) is 0 Å². The van der Waals surface area contributed by atoms with Crippen LogP contribution in [-0.4, -0.2) is 5.84 Å². The average Bonchev–Trinajstić information content (AvgIpc) is 2.94. The molecule has 2 nitrogen and oxygen atoms in total. The summed E-state index contributed by atoms with van der Waals surface area (Å²) in [6.07, 6.45) is 0. The van der Waals surface area contributed by atoms with Crippen LogP contribution in [0.3, 0.4) is 0 Å². The Bertz CT molecular complexity index is 1250. The highest BCUT2D eigenvalue weighted by Crippen LogP contribution is 2.43. The Balaban J connectivity index is 1.78. The van der Waals surface area contributed by atoms with E-state index in [0.717, 1.165) is 34.0 Å². The minimum absolute atomic E-state index is 0.113. The molecule has 4 aromatic carbocycles. The number of anilines is 2. The zero-order chi connectivity index (χ0) is 21.4. The lowest BCUT2D eigenvalue weighted by molar-refractivity contribution is 0.590. The van der Waals surface area contributed by atoms with Gasteiger partial charge in [0.2, 0.25) is 0 Å². The molecule has 0 amide bonds. The Morgan fingerprint density at radius 1 is 0.613 bits per heavy atom. The van der Waals surface area contributed by atoms with Crippen molar-refractivity contribution in [3.05, 3.63) is 114 Å². The van der Waals surface area contributed by atoms with E-state index in [4.69, 9.17) is 4.99 Å². The van der Waals surface area contributed by atoms with Crippen molar-refractivity contribution in [3.63, 3.8) is 0 Å². The summed E-state index contributed by atoms with van der Waals surface area (Å²) >= 11 is 0. The molecule has 0 spiro atoms. The van der Waals surface area contributed by atoms with E-state index in [9.17, 15) is 0 Å². The second kappa shape index (κ2) is 7.55. The van der Waals surface area contributed by atoms with Crippen molar-refractivity contribution >= 4 is 22.9 Å². The van der Waals surface area contributed by atoms with Gasteiger partial charge in [0.25, 0.3) is 0 Å². The molecule has 1 aliphatic rings. The number of para-hydroxylation sites is 3. The van der Waals surface area contributed by atoms with Gasteiger partial charge in [0.05, 0.1) is 11.4 Å². The number of hydrogen-bond donors (Lipinski definition) is 0. The van der Waals surface area contributed by atoms with Gasteiger partial charge >= 0.3 is 0 Å². The average molecular weight is 403 g/mol. The third-order valence-corrected chi connectivity index (χ3v) is 5.80. The number of benzene rings is 4. The van der Waals surface area contributed by atoms with Crippen LogP contribution in [0.5, 0.6) is 0 Å². The number of fused-ring (bicyclic) bond motifs is 3. The molecule has 0 atom stereocenters. The molecule has 0 fully saturated rings. The van der Waals surface area contributed by atoms with Crippen LogP contribution in [0.1, 0.15) is 31.9 Å². The summed E-state index contributed by atoms with van der Waals surface area (Å²) in [7, 11) is 0. The third-order valence-electron chi connectivity index (χ3n) is 5.80. The lowest BCUT2D eigenvalue weighted by Gasteiger charge is -2.27. The summed E-state index contributed by atoms with van der Waals surface area (Å²) in [5.41, 5.74) is 8.09. The Kier molecular flexibility index (Phi) is 4.71. The fourth-order valence-corrected chi connectivity index (χ4v) is 4.12. The van der Waals surface area contributed by atoms with Crippen LogP contribution in [0.2, 0.25) is 0 Å². The zero-order valence-electron chi connectivity index (χ0n) is 18.2. The highest BCUT2D eigenvalue weighted by molar-refractivity contribution is 6.18. The lowest BCUT2D eigenvalue weighted by atomic mass is 9.86. The van der Waals surface area contributed by atoms with E-state index in [1.165, 1.54) is 11.1 Å². The summed E-state index contributed by atoms with van der Waals surface area (Å²) in [6.45, 7) is 6.73. The van der Waals surface area contributed by atoms with Gasteiger partial charge in [-0.2, -0.15) is 0 Å². The topological polar surface area (TPSA) is 15.6 Å². The minimum Gasteiger partial charge on any atom is -0.294 e. The molecule has 5 rings (SSSR count). The van der Waals surface area contributed by atoms with Gasteiger partial charge in [0, 0.05) is 22.4 Å². The molecule has 0 saturated carbocycles. The van der Waals surface area contributed by atoms with Gasteiger partial charge in [-0.1, -0.05) is 99.6 Å². The Hall–Kier alpha value is -3.65. The number of rotatable bonds is 2. The molecular weight excluding hydrogens is 376 g/mol. The second-order valence-electron chi connectivity index (χ2n) is 8.97. The van der Waals surface area contributed by atoms with Crippen molar-refractivity contribution in [3.8, 4) is 11.1 Å². The van der Waals surface area contributed by atoms with E-state index in [0.29, 0.717) is 0 Å². The van der Waals surface area contributed by atoms with Crippen molar-refractivity contribution in [2.45, 2.75) is 26.2 Å². The van der Waals surface area contributed by atoms with Crippen molar-refractivity contribution < 1.29 is 0 Å². The van der Waals surface area contributed by atoms with Gasteiger partial charge in [-0.25, -0.2) is 4.99 Å². The monoisotopic (exact) mass is 402 g/mol. The van der Waals surface area contributed by atoms with E-state index in [1.807, 2.05) is 0 Å². The summed E-state index contributed by atoms with van der Waals surface area (Å²) in [5, 5.41) is 0. The van der Waals surface area contributed by atoms with Crippen LogP contribution in [0.4, 0.5) is 17.1 Å². The first-order valence-electron chi connectivity index (χ1n) is 10.8. The third kappa shape index (κ3) is 3.55. The lowest BCUT2D eigenvalue weighted by Crippen LogP contribution is -2.27. The van der Waals surface area contributed by atoms with Crippen LogP contribution in [-0.2, 0) is 5.41 Å². The molecule has 1 aliphatic heterocycles. The molecule has 152 valence electrons. The number of aliphatic imine (C=N–C) groups is 1. The van der Waals surface area contributed by atoms with E-state index in [1.54, 1.807) is 0 Å². The molecule has 0 aromatic heterocycles. The van der Waals surface area contributed by atoms with Crippen molar-refractivity contribution in [2.24, 2.45) is 4.99 Å². The fourth-order valence-electron chi connectivity index (χ4n) is 4.12. The smallest absolute Gasteiger partial charge is 0.145 e. The molecule has 0 N–H and O–H groups in total. The van der Waals surface area contributed by atoms with Crippen LogP contribution >= 0.6 is 0 Å². The molecule has 31 heavy (non-hydrogen) atoms. The summed E-state index contributed by atoms with van der Waals surface area (Å²) in [4.78, 5) is 7.50. The summed E-state index contributed by atoms with van der Waals surface area (Å²) in [5.74, 6) is 0.934. The molecule has 4 aromatic rings. The highest BCUT2D eigenvalue weighted by atomic mass is 15.2. The minimum atomic E-state index is 0.113. The predicted octanol–water partition coefficient (Wildman–Crippen LogP) is 7.88. The normalized spacial score (nSPS) is 13.1. The Labute approximate surface area is 184 Å². The van der Waals surface area contributed by atoms with Crippen molar-refractivity contribution in [2.75, 3.05) is 4.90 Å². The van der Waals surface area contributed by atoms with Crippen molar-refractivity contribution in [1.82, 2.24) is 0 Å². The maximum atomic E-state index is 5.22. The fraction of sp³-hybridized carbons (Fsp3) is 0.138. The Morgan fingerprint density at radius 3 is 1.94 bits per heavy atom. The summed E-state index contributed by atoms with van der Waals surface area (Å²) in [6, 6.07) is 36.3. The van der Waals surface area contributed by atoms with Crippen LogP contribution < -0.4 is 4.90 Å². The predicted molar refractivity (Wildman–Crippen MR) is 132 cm³/mol. The van der Waals surface area contributed by atoms with E-state index in [-0.39, 0.29) is 5.41 Å². The number of nitrogens with zero attached hydrogens (tertiary/aromatic N) is 2. The van der Waals surface area contributed by atoms with Crippen molar-refractivity contribution in [1.29, 1.82) is 0 Å². The molecule has 0 unspecified atom stereocenters. The summed E-state index contributed by atoms with van der Waals surface area (Å²) < 4.78 is 0. The first-order chi connectivity index (χ1) is 15.0. The van der Waals surface area contributed by atoms with E-state index >= 15 is 0 Å². The van der Waals surface area contributed by atoms with Gasteiger partial charge in [-0.15, -0.1) is 0 Å². The Morgan fingerprint density at radius 2 is 1.23 bits per heavy atom. The number of hydrogen-bond acceptors (Lipinski definition) is 2. The van der Waals surface area contributed by atoms with Gasteiger partial charge < -0.3 is 0 Å². The quantitative estimate of drug-likeness (QED) is 0.333. The van der Waals surface area contributed by atoms with Gasteiger partial charge in [-0.3, -0.25) is 4.90 Å². The SMILES string of the molecule is CC(C)(C)c1ccc(C2=Nc3ccccc3-c3ccccc3N2c2ccccc2)cc1. The molecule has 0 saturated heterocycles. The largest absolute Gasteiger partial charge is 0.294 e. The molecule has 0 aliphatic carbocycles. The van der Waals surface area contributed by atoms with E-state index < -0.39 is 0 Å². The number of amidine groups is 1. The first kappa shape index (κ1) is 19.3. The zero-order valence-corrected chi connectivity index (χ0v) is 18.2. The van der Waals surface area contributed by atoms with E-state index in [2.05, 4.69) is 129 Å². The molecule has 0 radical (unpaired) electrons. The maximum absolute atomic E-state index is 5.22. The highest BCUT2D eigenvalue weighted by Gasteiger charge is 2.25. The molecule has 2 heteroatoms. The maximum Gasteiger partial charge on any atom is 0.145 e. The molecule has 0 bridgehead atoms.